The first kappa shape index (κ1) is 18.2. The van der Waals surface area contributed by atoms with E-state index in [9.17, 15) is 4.79 Å². The van der Waals surface area contributed by atoms with Crippen LogP contribution in [0, 0.1) is 20.8 Å². The lowest BCUT2D eigenvalue weighted by atomic mass is 10.0. The molecule has 26 heavy (non-hydrogen) atoms. The van der Waals surface area contributed by atoms with E-state index in [1.165, 1.54) is 17.3 Å². The number of benzene rings is 2. The third-order valence-corrected chi connectivity index (χ3v) is 4.78. The Morgan fingerprint density at radius 2 is 1.81 bits per heavy atom. The third kappa shape index (κ3) is 4.73. The number of ketones is 1. The Morgan fingerprint density at radius 3 is 2.58 bits per heavy atom. The maximum absolute atomic E-state index is 12.4. The Kier molecular flexibility index (Phi) is 5.73. The van der Waals surface area contributed by atoms with Crippen LogP contribution in [0.4, 0.5) is 0 Å². The van der Waals surface area contributed by atoms with Gasteiger partial charge in [-0.1, -0.05) is 47.2 Å². The molecule has 0 saturated heterocycles. The quantitative estimate of drug-likeness (QED) is 0.498. The van der Waals surface area contributed by atoms with E-state index in [2.05, 4.69) is 15.2 Å². The molecule has 1 N–H and O–H groups in total. The van der Waals surface area contributed by atoms with Crippen LogP contribution in [0.2, 0.25) is 0 Å². The Labute approximate surface area is 157 Å². The number of nitrogens with zero attached hydrogens (tertiary/aromatic N) is 2. The standard InChI is InChI=1S/C20H21N3O2S/c1-13-5-8-16(9-6-13)25-11-19-21-20(23-22-19)26-12-18(24)17-10-14(2)4-7-15(17)3/h4-10H,11-12H2,1-3H3,(H,21,22,23). The molecule has 3 aromatic rings. The zero-order valence-electron chi connectivity index (χ0n) is 15.1. The lowest BCUT2D eigenvalue weighted by Crippen LogP contribution is -2.05. The van der Waals surface area contributed by atoms with Gasteiger partial charge < -0.3 is 4.74 Å². The lowest BCUT2D eigenvalue weighted by Gasteiger charge is -2.05. The molecule has 134 valence electrons. The monoisotopic (exact) mass is 367 g/mol. The SMILES string of the molecule is Cc1ccc(OCc2nc(SCC(=O)c3cc(C)ccc3C)n[nH]2)cc1. The zero-order chi connectivity index (χ0) is 18.5. The number of aromatic amines is 1. The molecule has 0 aliphatic carbocycles. The summed E-state index contributed by atoms with van der Waals surface area (Å²) in [5.41, 5.74) is 4.01. The number of aromatic nitrogens is 3. The van der Waals surface area contributed by atoms with E-state index in [-0.39, 0.29) is 5.78 Å². The number of thioether (sulfide) groups is 1. The molecular formula is C20H21N3O2S. The first-order valence-corrected chi connectivity index (χ1v) is 9.34. The normalized spacial score (nSPS) is 10.7. The predicted molar refractivity (Wildman–Crippen MR) is 103 cm³/mol. The first-order chi connectivity index (χ1) is 12.5. The second kappa shape index (κ2) is 8.19. The van der Waals surface area contributed by atoms with Crippen LogP contribution in [0.1, 0.15) is 32.9 Å². The highest BCUT2D eigenvalue weighted by Gasteiger charge is 2.12. The maximum atomic E-state index is 12.4. The van der Waals surface area contributed by atoms with E-state index < -0.39 is 0 Å². The van der Waals surface area contributed by atoms with Gasteiger partial charge >= 0.3 is 0 Å². The number of H-pyrrole nitrogens is 1. The number of rotatable bonds is 7. The van der Waals surface area contributed by atoms with Crippen molar-refractivity contribution in [3.63, 3.8) is 0 Å². The van der Waals surface area contributed by atoms with Crippen molar-refractivity contribution in [1.29, 1.82) is 0 Å². The summed E-state index contributed by atoms with van der Waals surface area (Å²) in [6.07, 6.45) is 0. The maximum Gasteiger partial charge on any atom is 0.208 e. The third-order valence-electron chi connectivity index (χ3n) is 3.93. The van der Waals surface area contributed by atoms with Crippen LogP contribution in [-0.2, 0) is 6.61 Å². The molecule has 1 aromatic heterocycles. The molecule has 3 rings (SSSR count). The van der Waals surface area contributed by atoms with E-state index >= 15 is 0 Å². The van der Waals surface area contributed by atoms with E-state index in [0.717, 1.165) is 22.4 Å². The highest BCUT2D eigenvalue weighted by atomic mass is 32.2. The topological polar surface area (TPSA) is 67.9 Å². The molecule has 1 heterocycles. The van der Waals surface area contributed by atoms with E-state index in [1.807, 2.05) is 63.2 Å². The highest BCUT2D eigenvalue weighted by molar-refractivity contribution is 7.99. The van der Waals surface area contributed by atoms with Crippen LogP contribution >= 0.6 is 11.8 Å². The van der Waals surface area contributed by atoms with Crippen LogP contribution in [0.25, 0.3) is 0 Å². The van der Waals surface area contributed by atoms with Gasteiger partial charge in [0.25, 0.3) is 0 Å². The van der Waals surface area contributed by atoms with Crippen molar-refractivity contribution < 1.29 is 9.53 Å². The van der Waals surface area contributed by atoms with Crippen LogP contribution < -0.4 is 4.74 Å². The molecule has 0 spiro atoms. The average Bonchev–Trinajstić information content (AvgIpc) is 3.09. The second-order valence-electron chi connectivity index (χ2n) is 6.20. The summed E-state index contributed by atoms with van der Waals surface area (Å²) in [6.45, 7) is 6.27. The van der Waals surface area contributed by atoms with Crippen molar-refractivity contribution in [2.24, 2.45) is 0 Å². The summed E-state index contributed by atoms with van der Waals surface area (Å²) in [5.74, 6) is 1.80. The summed E-state index contributed by atoms with van der Waals surface area (Å²) < 4.78 is 5.67. The number of carbonyl (C=O) groups excluding carboxylic acids is 1. The fourth-order valence-electron chi connectivity index (χ4n) is 2.44. The molecule has 0 aliphatic heterocycles. The summed E-state index contributed by atoms with van der Waals surface area (Å²) in [6, 6.07) is 13.7. The van der Waals surface area contributed by atoms with E-state index in [4.69, 9.17) is 4.74 Å². The Hall–Kier alpha value is -2.60. The van der Waals surface area contributed by atoms with Gasteiger partial charge in [-0.3, -0.25) is 9.89 Å². The summed E-state index contributed by atoms with van der Waals surface area (Å²) in [7, 11) is 0. The molecular weight excluding hydrogens is 346 g/mol. The number of nitrogens with one attached hydrogen (secondary N) is 1. The average molecular weight is 367 g/mol. The van der Waals surface area contributed by atoms with E-state index in [0.29, 0.717) is 23.3 Å². The van der Waals surface area contributed by atoms with Crippen molar-refractivity contribution in [3.05, 3.63) is 70.5 Å². The zero-order valence-corrected chi connectivity index (χ0v) is 15.9. The largest absolute Gasteiger partial charge is 0.486 e. The molecule has 0 atom stereocenters. The molecule has 5 nitrogen and oxygen atoms in total. The lowest BCUT2D eigenvalue weighted by molar-refractivity contribution is 0.102. The van der Waals surface area contributed by atoms with Gasteiger partial charge in [-0.05, 0) is 44.5 Å². The molecule has 0 saturated carbocycles. The number of aryl methyl sites for hydroxylation is 3. The van der Waals surface area contributed by atoms with Crippen LogP contribution in [0.5, 0.6) is 5.75 Å². The number of ether oxygens (including phenoxy) is 1. The number of hydrogen-bond donors (Lipinski definition) is 1. The Bertz CT molecular complexity index is 904. The minimum atomic E-state index is 0.0819. The first-order valence-electron chi connectivity index (χ1n) is 8.35. The molecule has 0 unspecified atom stereocenters. The fraction of sp³-hybridized carbons (Fsp3) is 0.250. The minimum absolute atomic E-state index is 0.0819. The van der Waals surface area contributed by atoms with Crippen molar-refractivity contribution in [2.75, 3.05) is 5.75 Å². The molecule has 0 radical (unpaired) electrons. The Morgan fingerprint density at radius 1 is 1.08 bits per heavy atom. The molecule has 0 bridgehead atoms. The van der Waals surface area contributed by atoms with Gasteiger partial charge in [0.1, 0.15) is 12.4 Å². The molecule has 0 aliphatic rings. The number of hydrogen-bond acceptors (Lipinski definition) is 5. The van der Waals surface area contributed by atoms with Gasteiger partial charge in [0.05, 0.1) is 5.75 Å². The Balaban J connectivity index is 1.54. The van der Waals surface area contributed by atoms with Gasteiger partial charge in [0, 0.05) is 5.56 Å². The minimum Gasteiger partial charge on any atom is -0.486 e. The van der Waals surface area contributed by atoms with Gasteiger partial charge in [-0.25, -0.2) is 4.98 Å². The molecule has 6 heteroatoms. The molecule has 0 amide bonds. The van der Waals surface area contributed by atoms with Crippen molar-refractivity contribution >= 4 is 17.5 Å². The predicted octanol–water partition coefficient (Wildman–Crippen LogP) is 4.28. The van der Waals surface area contributed by atoms with Crippen LogP contribution in [-0.4, -0.2) is 26.7 Å². The molecule has 0 fully saturated rings. The summed E-state index contributed by atoms with van der Waals surface area (Å²) in [4.78, 5) is 16.8. The van der Waals surface area contributed by atoms with Gasteiger partial charge in [-0.15, -0.1) is 5.10 Å². The number of carbonyl (C=O) groups is 1. The van der Waals surface area contributed by atoms with Crippen LogP contribution in [0.3, 0.4) is 0 Å². The van der Waals surface area contributed by atoms with Gasteiger partial charge in [-0.2, -0.15) is 0 Å². The second-order valence-corrected chi connectivity index (χ2v) is 7.14. The smallest absolute Gasteiger partial charge is 0.208 e. The van der Waals surface area contributed by atoms with Crippen molar-refractivity contribution in [3.8, 4) is 5.75 Å². The van der Waals surface area contributed by atoms with Crippen molar-refractivity contribution in [2.45, 2.75) is 32.5 Å². The van der Waals surface area contributed by atoms with Crippen molar-refractivity contribution in [1.82, 2.24) is 15.2 Å². The molecule has 2 aromatic carbocycles. The number of Topliss-reactive ketones (excluding diaryl/α,β-unsaturated/α-hetero) is 1. The summed E-state index contributed by atoms with van der Waals surface area (Å²) in [5, 5.41) is 7.54. The fourth-order valence-corrected chi connectivity index (χ4v) is 3.14. The highest BCUT2D eigenvalue weighted by Crippen LogP contribution is 2.18. The summed E-state index contributed by atoms with van der Waals surface area (Å²) >= 11 is 1.32. The van der Waals surface area contributed by atoms with E-state index in [1.54, 1.807) is 0 Å². The van der Waals surface area contributed by atoms with Gasteiger partial charge in [0.15, 0.2) is 11.6 Å². The van der Waals surface area contributed by atoms with Crippen LogP contribution in [0.15, 0.2) is 47.6 Å². The van der Waals surface area contributed by atoms with Gasteiger partial charge in [0.2, 0.25) is 5.16 Å².